The van der Waals surface area contributed by atoms with Gasteiger partial charge in [0, 0.05) is 11.1 Å². The lowest BCUT2D eigenvalue weighted by atomic mass is 9.68. The topological polar surface area (TPSA) is 140 Å². The number of methoxy groups -OCH3 is 2. The standard InChI is InChI=1S/C30H36N2O7/c1-30(2,3)22-14-20(10-18-6-8-23(25(12-18)36-4)38-16-27(31)33)29(35)21(15-22)11-19-7-9-24(26(13-19)37-5)39-17-28(32)34/h6-13,22H,14-17H2,1-5H3,(H2,31,33)(H2,32,34)/b20-10+,21-11+. The van der Waals surface area contributed by atoms with Gasteiger partial charge in [0.1, 0.15) is 0 Å². The Morgan fingerprint density at radius 1 is 0.795 bits per heavy atom. The van der Waals surface area contributed by atoms with E-state index in [1.807, 2.05) is 12.2 Å². The second-order valence-corrected chi connectivity index (χ2v) is 10.5. The number of hydrogen-bond acceptors (Lipinski definition) is 7. The molecule has 1 aliphatic rings. The van der Waals surface area contributed by atoms with E-state index in [2.05, 4.69) is 20.8 Å². The number of benzene rings is 2. The van der Waals surface area contributed by atoms with E-state index < -0.39 is 11.8 Å². The number of allylic oxidation sites excluding steroid dienone is 2. The smallest absolute Gasteiger partial charge is 0.255 e. The maximum atomic E-state index is 13.7. The average Bonchev–Trinajstić information content (AvgIpc) is 2.88. The van der Waals surface area contributed by atoms with Crippen LogP contribution in [0.3, 0.4) is 0 Å². The zero-order valence-corrected chi connectivity index (χ0v) is 23.0. The molecule has 9 nitrogen and oxygen atoms in total. The van der Waals surface area contributed by atoms with E-state index in [-0.39, 0.29) is 30.3 Å². The predicted molar refractivity (Wildman–Crippen MR) is 149 cm³/mol. The molecular formula is C30H36N2O7. The highest BCUT2D eigenvalue weighted by atomic mass is 16.5. The highest BCUT2D eigenvalue weighted by Gasteiger charge is 2.34. The van der Waals surface area contributed by atoms with E-state index in [0.29, 0.717) is 47.0 Å². The summed E-state index contributed by atoms with van der Waals surface area (Å²) in [4.78, 5) is 35.8. The Kier molecular flexibility index (Phi) is 9.40. The minimum absolute atomic E-state index is 0.0310. The van der Waals surface area contributed by atoms with E-state index in [1.165, 1.54) is 14.2 Å². The summed E-state index contributed by atoms with van der Waals surface area (Å²) in [5.41, 5.74) is 13.2. The van der Waals surface area contributed by atoms with Gasteiger partial charge in [0.15, 0.2) is 42.0 Å². The molecule has 1 fully saturated rings. The van der Waals surface area contributed by atoms with Crippen LogP contribution in [0.25, 0.3) is 12.2 Å². The van der Waals surface area contributed by atoms with Gasteiger partial charge in [-0.15, -0.1) is 0 Å². The fourth-order valence-corrected chi connectivity index (χ4v) is 4.34. The van der Waals surface area contributed by atoms with Crippen molar-refractivity contribution in [1.82, 2.24) is 0 Å². The first-order chi connectivity index (χ1) is 18.4. The predicted octanol–water partition coefficient (Wildman–Crippen LogP) is 3.92. The van der Waals surface area contributed by atoms with Crippen LogP contribution in [0.2, 0.25) is 0 Å². The first-order valence-corrected chi connectivity index (χ1v) is 12.6. The zero-order chi connectivity index (χ0) is 28.7. The number of Topliss-reactive ketones (excluding diaryl/α,β-unsaturated/α-hetero) is 1. The first kappa shape index (κ1) is 29.3. The van der Waals surface area contributed by atoms with Gasteiger partial charge in [0.2, 0.25) is 0 Å². The molecule has 2 amide bonds. The minimum Gasteiger partial charge on any atom is -0.493 e. The van der Waals surface area contributed by atoms with Gasteiger partial charge in [0.25, 0.3) is 11.8 Å². The lowest BCUT2D eigenvalue weighted by molar-refractivity contribution is -0.120. The molecule has 1 aliphatic carbocycles. The van der Waals surface area contributed by atoms with Gasteiger partial charge in [-0.1, -0.05) is 32.9 Å². The van der Waals surface area contributed by atoms with Crippen molar-refractivity contribution in [3.63, 3.8) is 0 Å². The number of carbonyl (C=O) groups is 3. The molecule has 208 valence electrons. The van der Waals surface area contributed by atoms with Crippen molar-refractivity contribution in [2.45, 2.75) is 33.6 Å². The lowest BCUT2D eigenvalue weighted by Crippen LogP contribution is -2.29. The molecule has 3 rings (SSSR count). The molecule has 0 heterocycles. The molecule has 0 saturated heterocycles. The van der Waals surface area contributed by atoms with Crippen molar-refractivity contribution in [1.29, 1.82) is 0 Å². The average molecular weight is 537 g/mol. The maximum Gasteiger partial charge on any atom is 0.255 e. The second kappa shape index (κ2) is 12.5. The van der Waals surface area contributed by atoms with E-state index in [0.717, 1.165) is 11.1 Å². The highest BCUT2D eigenvalue weighted by Crippen LogP contribution is 2.42. The van der Waals surface area contributed by atoms with Crippen molar-refractivity contribution < 1.29 is 33.3 Å². The maximum absolute atomic E-state index is 13.7. The third-order valence-electron chi connectivity index (χ3n) is 6.54. The Hall–Kier alpha value is -4.27. The molecule has 0 radical (unpaired) electrons. The summed E-state index contributed by atoms with van der Waals surface area (Å²) in [6.07, 6.45) is 5.00. The van der Waals surface area contributed by atoms with Gasteiger partial charge < -0.3 is 30.4 Å². The van der Waals surface area contributed by atoms with Crippen molar-refractivity contribution in [3.8, 4) is 23.0 Å². The molecule has 0 spiro atoms. The fraction of sp³-hybridized carbons (Fsp3) is 0.367. The summed E-state index contributed by atoms with van der Waals surface area (Å²) >= 11 is 0. The van der Waals surface area contributed by atoms with Crippen molar-refractivity contribution in [2.24, 2.45) is 22.8 Å². The second-order valence-electron chi connectivity index (χ2n) is 10.5. The molecule has 0 aliphatic heterocycles. The molecule has 0 atom stereocenters. The SMILES string of the molecule is COc1cc(/C=C2\CC(C(C)(C)C)C/C(=C\c3ccc(OCC(N)=O)c(OC)c3)C2=O)ccc1OCC(N)=O. The van der Waals surface area contributed by atoms with Crippen molar-refractivity contribution in [3.05, 3.63) is 58.7 Å². The molecular weight excluding hydrogens is 500 g/mol. The third-order valence-corrected chi connectivity index (χ3v) is 6.54. The van der Waals surface area contributed by atoms with Gasteiger partial charge >= 0.3 is 0 Å². The Morgan fingerprint density at radius 2 is 1.21 bits per heavy atom. The van der Waals surface area contributed by atoms with E-state index in [9.17, 15) is 14.4 Å². The largest absolute Gasteiger partial charge is 0.493 e. The van der Waals surface area contributed by atoms with Crippen LogP contribution >= 0.6 is 0 Å². The van der Waals surface area contributed by atoms with Crippen LogP contribution in [0.4, 0.5) is 0 Å². The molecule has 2 aromatic carbocycles. The summed E-state index contributed by atoms with van der Waals surface area (Å²) in [6.45, 7) is 5.99. The van der Waals surface area contributed by atoms with Crippen LogP contribution in [0.15, 0.2) is 47.5 Å². The number of amides is 2. The molecule has 0 unspecified atom stereocenters. The van der Waals surface area contributed by atoms with Gasteiger partial charge in [-0.2, -0.15) is 0 Å². The summed E-state index contributed by atoms with van der Waals surface area (Å²) in [6, 6.07) is 10.5. The summed E-state index contributed by atoms with van der Waals surface area (Å²) in [5.74, 6) is 0.662. The van der Waals surface area contributed by atoms with Crippen molar-refractivity contribution in [2.75, 3.05) is 27.4 Å². The monoisotopic (exact) mass is 536 g/mol. The van der Waals surface area contributed by atoms with Gasteiger partial charge in [-0.3, -0.25) is 14.4 Å². The molecule has 4 N–H and O–H groups in total. The Labute approximate surface area is 228 Å². The third kappa shape index (κ3) is 7.86. The molecule has 1 saturated carbocycles. The number of rotatable bonds is 10. The molecule has 39 heavy (non-hydrogen) atoms. The van der Waals surface area contributed by atoms with Crippen LogP contribution in [-0.4, -0.2) is 45.0 Å². The summed E-state index contributed by atoms with van der Waals surface area (Å²) in [7, 11) is 3.01. The summed E-state index contributed by atoms with van der Waals surface area (Å²) in [5, 5.41) is 0. The van der Waals surface area contributed by atoms with Gasteiger partial charge in [-0.05, 0) is 71.7 Å². The van der Waals surface area contributed by atoms with Crippen LogP contribution in [0, 0.1) is 11.3 Å². The zero-order valence-electron chi connectivity index (χ0n) is 23.0. The number of ketones is 1. The molecule has 0 bridgehead atoms. The van der Waals surface area contributed by atoms with E-state index >= 15 is 0 Å². The van der Waals surface area contributed by atoms with E-state index in [4.69, 9.17) is 30.4 Å². The van der Waals surface area contributed by atoms with E-state index in [1.54, 1.807) is 36.4 Å². The number of nitrogens with two attached hydrogens (primary N) is 2. The highest BCUT2D eigenvalue weighted by molar-refractivity contribution is 6.14. The van der Waals surface area contributed by atoms with Crippen LogP contribution < -0.4 is 30.4 Å². The van der Waals surface area contributed by atoms with Gasteiger partial charge in [0.05, 0.1) is 14.2 Å². The molecule has 9 heteroatoms. The first-order valence-electron chi connectivity index (χ1n) is 12.6. The fourth-order valence-electron chi connectivity index (χ4n) is 4.34. The summed E-state index contributed by atoms with van der Waals surface area (Å²) < 4.78 is 21.7. The number of ether oxygens (including phenoxy) is 4. The molecule has 2 aromatic rings. The van der Waals surface area contributed by atoms with Gasteiger partial charge in [-0.25, -0.2) is 0 Å². The Bertz CT molecular complexity index is 1210. The Balaban J connectivity index is 1.97. The number of carbonyl (C=O) groups excluding carboxylic acids is 3. The number of primary amides is 2. The van der Waals surface area contributed by atoms with Crippen LogP contribution in [-0.2, 0) is 14.4 Å². The number of hydrogen-bond donors (Lipinski definition) is 2. The Morgan fingerprint density at radius 3 is 1.54 bits per heavy atom. The van der Waals surface area contributed by atoms with Crippen molar-refractivity contribution >= 4 is 29.7 Å². The molecule has 0 aromatic heterocycles. The lowest BCUT2D eigenvalue weighted by Gasteiger charge is -2.35. The quantitative estimate of drug-likeness (QED) is 0.439. The van der Waals surface area contributed by atoms with Crippen LogP contribution in [0.5, 0.6) is 23.0 Å². The normalized spacial score (nSPS) is 17.7. The minimum atomic E-state index is -0.589. The van der Waals surface area contributed by atoms with Crippen LogP contribution in [0.1, 0.15) is 44.7 Å².